The van der Waals surface area contributed by atoms with Gasteiger partial charge < -0.3 is 9.42 Å². The molecule has 0 aromatic carbocycles. The van der Waals surface area contributed by atoms with Gasteiger partial charge in [0.1, 0.15) is 0 Å². The van der Waals surface area contributed by atoms with Gasteiger partial charge in [-0.1, -0.05) is 12.1 Å². The van der Waals surface area contributed by atoms with Crippen LogP contribution in [0.5, 0.6) is 0 Å². The van der Waals surface area contributed by atoms with Crippen molar-refractivity contribution in [3.8, 4) is 0 Å². The van der Waals surface area contributed by atoms with Crippen molar-refractivity contribution in [1.82, 2.24) is 19.9 Å². The van der Waals surface area contributed by atoms with Crippen LogP contribution < -0.4 is 0 Å². The first-order valence-electron chi connectivity index (χ1n) is 9.12. The highest BCUT2D eigenvalue weighted by Crippen LogP contribution is 2.38. The lowest BCUT2D eigenvalue weighted by Gasteiger charge is -2.34. The molecule has 3 aliphatic rings. The summed E-state index contributed by atoms with van der Waals surface area (Å²) in [7, 11) is 0. The number of hydrogen-bond donors (Lipinski definition) is 0. The smallest absolute Gasteiger partial charge is 0.240 e. The largest absolute Gasteiger partial charge is 0.338 e. The van der Waals surface area contributed by atoms with Crippen molar-refractivity contribution < 1.29 is 9.32 Å². The van der Waals surface area contributed by atoms with Crippen LogP contribution in [-0.4, -0.2) is 51.0 Å². The molecule has 2 saturated heterocycles. The molecule has 1 amide bonds. The lowest BCUT2D eigenvalue weighted by molar-refractivity contribution is -0.132. The molecule has 6 nitrogen and oxygen atoms in total. The lowest BCUT2D eigenvalue weighted by Crippen LogP contribution is -2.47. The minimum Gasteiger partial charge on any atom is -0.338 e. The van der Waals surface area contributed by atoms with Gasteiger partial charge in [0.05, 0.1) is 6.54 Å². The van der Waals surface area contributed by atoms with Gasteiger partial charge in [0.25, 0.3) is 0 Å². The summed E-state index contributed by atoms with van der Waals surface area (Å²) in [5.74, 6) is 2.46. The fourth-order valence-electron chi connectivity index (χ4n) is 4.20. The second-order valence-electron chi connectivity index (χ2n) is 7.15. The predicted molar refractivity (Wildman–Crippen MR) is 84.7 cm³/mol. The SMILES string of the molecule is CCC(=O)N1CCC[C@H]1[C@@H]1CCCN1Cc1nc(C2CC2)no1. The Morgan fingerprint density at radius 3 is 2.74 bits per heavy atom. The summed E-state index contributed by atoms with van der Waals surface area (Å²) in [5.41, 5.74) is 0. The Morgan fingerprint density at radius 1 is 1.17 bits per heavy atom. The first-order chi connectivity index (χ1) is 11.3. The average molecular weight is 318 g/mol. The normalized spacial score (nSPS) is 28.7. The molecule has 1 aromatic rings. The summed E-state index contributed by atoms with van der Waals surface area (Å²) in [6.07, 6.45) is 7.62. The number of amides is 1. The van der Waals surface area contributed by atoms with Gasteiger partial charge in [-0.15, -0.1) is 0 Å². The maximum Gasteiger partial charge on any atom is 0.240 e. The third kappa shape index (κ3) is 3.01. The molecule has 0 N–H and O–H groups in total. The first-order valence-corrected chi connectivity index (χ1v) is 9.12. The zero-order valence-corrected chi connectivity index (χ0v) is 13.9. The van der Waals surface area contributed by atoms with E-state index in [9.17, 15) is 4.79 Å². The molecule has 23 heavy (non-hydrogen) atoms. The summed E-state index contributed by atoms with van der Waals surface area (Å²) in [6.45, 7) is 4.68. The average Bonchev–Trinajstić information content (AvgIpc) is 2.97. The highest BCUT2D eigenvalue weighted by atomic mass is 16.5. The molecule has 0 spiro atoms. The van der Waals surface area contributed by atoms with Gasteiger partial charge in [0.15, 0.2) is 5.82 Å². The molecule has 2 atom stereocenters. The van der Waals surface area contributed by atoms with E-state index in [1.165, 1.54) is 25.7 Å². The fourth-order valence-corrected chi connectivity index (χ4v) is 4.20. The lowest BCUT2D eigenvalue weighted by atomic mass is 10.0. The molecule has 0 radical (unpaired) electrons. The molecule has 0 unspecified atom stereocenters. The van der Waals surface area contributed by atoms with Gasteiger partial charge in [0.2, 0.25) is 11.8 Å². The van der Waals surface area contributed by atoms with E-state index in [4.69, 9.17) is 4.52 Å². The van der Waals surface area contributed by atoms with Crippen LogP contribution in [0.3, 0.4) is 0 Å². The van der Waals surface area contributed by atoms with E-state index in [1.54, 1.807) is 0 Å². The van der Waals surface area contributed by atoms with Crippen molar-refractivity contribution in [2.24, 2.45) is 0 Å². The predicted octanol–water partition coefficient (Wildman–Crippen LogP) is 2.31. The number of rotatable bonds is 5. The molecule has 3 heterocycles. The van der Waals surface area contributed by atoms with E-state index in [0.29, 0.717) is 30.3 Å². The Kier molecular flexibility index (Phi) is 4.09. The number of likely N-dealkylation sites (tertiary alicyclic amines) is 2. The van der Waals surface area contributed by atoms with E-state index < -0.39 is 0 Å². The van der Waals surface area contributed by atoms with Crippen molar-refractivity contribution in [2.45, 2.75) is 76.4 Å². The zero-order valence-electron chi connectivity index (χ0n) is 13.9. The van der Waals surface area contributed by atoms with E-state index in [2.05, 4.69) is 19.9 Å². The molecule has 1 saturated carbocycles. The van der Waals surface area contributed by atoms with Gasteiger partial charge in [-0.05, 0) is 45.1 Å². The Morgan fingerprint density at radius 2 is 1.96 bits per heavy atom. The van der Waals surface area contributed by atoms with Crippen molar-refractivity contribution in [3.63, 3.8) is 0 Å². The second-order valence-corrected chi connectivity index (χ2v) is 7.15. The Balaban J connectivity index is 1.44. The summed E-state index contributed by atoms with van der Waals surface area (Å²) in [4.78, 5) is 21.3. The third-order valence-electron chi connectivity index (χ3n) is 5.55. The molecule has 6 heteroatoms. The van der Waals surface area contributed by atoms with Gasteiger partial charge >= 0.3 is 0 Å². The van der Waals surface area contributed by atoms with E-state index in [1.807, 2.05) is 6.92 Å². The summed E-state index contributed by atoms with van der Waals surface area (Å²) in [5, 5.41) is 4.12. The van der Waals surface area contributed by atoms with Crippen LogP contribution in [0.1, 0.15) is 69.5 Å². The number of nitrogens with zero attached hydrogens (tertiary/aromatic N) is 4. The molecule has 0 bridgehead atoms. The minimum absolute atomic E-state index is 0.299. The van der Waals surface area contributed by atoms with Crippen LogP contribution in [0, 0.1) is 0 Å². The summed E-state index contributed by atoms with van der Waals surface area (Å²) >= 11 is 0. The Labute approximate surface area is 137 Å². The van der Waals surface area contributed by atoms with Crippen LogP contribution in [0.25, 0.3) is 0 Å². The van der Waals surface area contributed by atoms with Crippen LogP contribution in [0.15, 0.2) is 4.52 Å². The topological polar surface area (TPSA) is 62.5 Å². The summed E-state index contributed by atoms with van der Waals surface area (Å²) < 4.78 is 5.45. The fraction of sp³-hybridized carbons (Fsp3) is 0.824. The van der Waals surface area contributed by atoms with E-state index >= 15 is 0 Å². The van der Waals surface area contributed by atoms with Gasteiger partial charge in [-0.3, -0.25) is 9.69 Å². The van der Waals surface area contributed by atoms with Crippen LogP contribution >= 0.6 is 0 Å². The molecule has 126 valence electrons. The standard InChI is InChI=1S/C17H26N4O2/c1-2-16(22)21-10-4-6-14(21)13-5-3-9-20(13)11-15-18-17(19-23-15)12-7-8-12/h12-14H,2-11H2,1H3/t13-,14-/m0/s1. The first kappa shape index (κ1) is 15.1. The van der Waals surface area contributed by atoms with Crippen molar-refractivity contribution >= 4 is 5.91 Å². The Hall–Kier alpha value is -1.43. The number of carbonyl (C=O) groups is 1. The van der Waals surface area contributed by atoms with Crippen LogP contribution in [0.2, 0.25) is 0 Å². The quantitative estimate of drug-likeness (QED) is 0.833. The molecular weight excluding hydrogens is 292 g/mol. The second kappa shape index (κ2) is 6.23. The van der Waals surface area contributed by atoms with Crippen molar-refractivity contribution in [1.29, 1.82) is 0 Å². The molecular formula is C17H26N4O2. The molecule has 1 aliphatic carbocycles. The monoisotopic (exact) mass is 318 g/mol. The molecule has 4 rings (SSSR count). The van der Waals surface area contributed by atoms with Crippen LogP contribution in [-0.2, 0) is 11.3 Å². The number of aromatic nitrogens is 2. The highest BCUT2D eigenvalue weighted by Gasteiger charge is 2.39. The molecule has 2 aliphatic heterocycles. The van der Waals surface area contributed by atoms with Crippen LogP contribution in [0.4, 0.5) is 0 Å². The molecule has 3 fully saturated rings. The van der Waals surface area contributed by atoms with Gasteiger partial charge in [-0.25, -0.2) is 0 Å². The molecule has 1 aromatic heterocycles. The van der Waals surface area contributed by atoms with Crippen molar-refractivity contribution in [2.75, 3.05) is 13.1 Å². The number of hydrogen-bond acceptors (Lipinski definition) is 5. The zero-order chi connectivity index (χ0) is 15.8. The van der Waals surface area contributed by atoms with E-state index in [0.717, 1.165) is 44.2 Å². The van der Waals surface area contributed by atoms with E-state index in [-0.39, 0.29) is 0 Å². The minimum atomic E-state index is 0.299. The summed E-state index contributed by atoms with van der Waals surface area (Å²) in [6, 6.07) is 0.819. The maximum atomic E-state index is 12.2. The number of carbonyl (C=O) groups excluding carboxylic acids is 1. The highest BCUT2D eigenvalue weighted by molar-refractivity contribution is 5.76. The van der Waals surface area contributed by atoms with Crippen molar-refractivity contribution in [3.05, 3.63) is 11.7 Å². The maximum absolute atomic E-state index is 12.2. The third-order valence-corrected chi connectivity index (χ3v) is 5.55. The van der Waals surface area contributed by atoms with Gasteiger partial charge in [-0.2, -0.15) is 4.98 Å². The van der Waals surface area contributed by atoms with Gasteiger partial charge in [0, 0.05) is 31.0 Å². The Bertz CT molecular complexity index is 569.